The van der Waals surface area contributed by atoms with Gasteiger partial charge >= 0.3 is 5.69 Å². The molecule has 7 nitrogen and oxygen atoms in total. The molecule has 2 heterocycles. The van der Waals surface area contributed by atoms with Crippen molar-refractivity contribution in [3.05, 3.63) is 56.9 Å². The molecule has 0 bridgehead atoms. The van der Waals surface area contributed by atoms with Gasteiger partial charge in [0.05, 0.1) is 0 Å². The Morgan fingerprint density at radius 3 is 2.46 bits per heavy atom. The summed E-state index contributed by atoms with van der Waals surface area (Å²) < 4.78 is 7.69. The predicted octanol–water partition coefficient (Wildman–Crippen LogP) is 2.46. The van der Waals surface area contributed by atoms with Crippen LogP contribution in [-0.4, -0.2) is 19.3 Å². The number of benzene rings is 1. The van der Waals surface area contributed by atoms with Crippen molar-refractivity contribution >= 4 is 0 Å². The van der Waals surface area contributed by atoms with E-state index in [1.54, 1.807) is 7.05 Å². The molecule has 3 aromatic rings. The normalized spacial score (nSPS) is 14.8. The number of nitrogens with zero attached hydrogens (tertiary/aromatic N) is 4. The molecule has 2 aromatic heterocycles. The number of hydrogen-bond donors (Lipinski definition) is 0. The summed E-state index contributed by atoms with van der Waals surface area (Å²) in [6, 6.07) is 8.18. The van der Waals surface area contributed by atoms with Gasteiger partial charge in [0.15, 0.2) is 0 Å². The van der Waals surface area contributed by atoms with Crippen molar-refractivity contribution in [2.75, 3.05) is 0 Å². The second-order valence-electron chi connectivity index (χ2n) is 6.83. The van der Waals surface area contributed by atoms with Crippen LogP contribution in [0.3, 0.4) is 0 Å². The molecule has 1 aliphatic rings. The van der Waals surface area contributed by atoms with Crippen LogP contribution in [0.25, 0.3) is 22.8 Å². The Hall–Kier alpha value is -2.96. The minimum absolute atomic E-state index is 0.177. The third-order valence-electron chi connectivity index (χ3n) is 5.10. The zero-order chi connectivity index (χ0) is 18.3. The maximum atomic E-state index is 12.3. The summed E-state index contributed by atoms with van der Waals surface area (Å²) in [5.74, 6) is 1.18. The van der Waals surface area contributed by atoms with E-state index in [0.29, 0.717) is 11.8 Å². The minimum atomic E-state index is -0.447. The Kier molecular flexibility index (Phi) is 4.06. The van der Waals surface area contributed by atoms with E-state index in [-0.39, 0.29) is 11.4 Å². The molecule has 0 N–H and O–H groups in total. The van der Waals surface area contributed by atoms with Gasteiger partial charge in [0.2, 0.25) is 5.82 Å². The maximum Gasteiger partial charge on any atom is 0.330 e. The fraction of sp³-hybridized carbons (Fsp3) is 0.368. The van der Waals surface area contributed by atoms with E-state index >= 15 is 0 Å². The van der Waals surface area contributed by atoms with Gasteiger partial charge in [-0.05, 0) is 36.5 Å². The van der Waals surface area contributed by atoms with Gasteiger partial charge < -0.3 is 9.09 Å². The standard InChI is InChI=1S/C19H20N4O3/c1-22-11-15(18(24)23(2)19(22)25)16-20-17(26-21-16)14-9-7-13(8-10-14)12-5-3-4-6-12/h7-12H,3-6H2,1-2H3. The van der Waals surface area contributed by atoms with Crippen LogP contribution in [0.1, 0.15) is 37.2 Å². The van der Waals surface area contributed by atoms with Gasteiger partial charge in [0.25, 0.3) is 11.4 Å². The molecule has 1 fully saturated rings. The zero-order valence-corrected chi connectivity index (χ0v) is 14.8. The van der Waals surface area contributed by atoms with Crippen molar-refractivity contribution in [2.45, 2.75) is 31.6 Å². The molecule has 1 aliphatic carbocycles. The fourth-order valence-electron chi connectivity index (χ4n) is 3.57. The SMILES string of the molecule is Cn1cc(-c2noc(-c3ccc(C4CCCC4)cc3)n2)c(=O)n(C)c1=O. The highest BCUT2D eigenvalue weighted by Gasteiger charge is 2.19. The molecule has 0 atom stereocenters. The number of hydrogen-bond acceptors (Lipinski definition) is 5. The van der Waals surface area contributed by atoms with Gasteiger partial charge in [-0.25, -0.2) is 4.79 Å². The van der Waals surface area contributed by atoms with Crippen LogP contribution >= 0.6 is 0 Å². The molecule has 0 unspecified atom stereocenters. The molecular weight excluding hydrogens is 332 g/mol. The second-order valence-corrected chi connectivity index (χ2v) is 6.83. The zero-order valence-electron chi connectivity index (χ0n) is 14.8. The first kappa shape index (κ1) is 16.5. The van der Waals surface area contributed by atoms with Crippen LogP contribution in [0.2, 0.25) is 0 Å². The van der Waals surface area contributed by atoms with E-state index in [9.17, 15) is 9.59 Å². The van der Waals surface area contributed by atoms with Crippen LogP contribution in [-0.2, 0) is 14.1 Å². The van der Waals surface area contributed by atoms with E-state index in [2.05, 4.69) is 22.3 Å². The average molecular weight is 352 g/mol. The largest absolute Gasteiger partial charge is 0.334 e. The first-order valence-corrected chi connectivity index (χ1v) is 8.75. The molecule has 26 heavy (non-hydrogen) atoms. The monoisotopic (exact) mass is 352 g/mol. The van der Waals surface area contributed by atoms with E-state index in [1.165, 1.54) is 49.1 Å². The molecule has 1 aromatic carbocycles. The van der Waals surface area contributed by atoms with Gasteiger partial charge in [-0.2, -0.15) is 4.98 Å². The molecule has 7 heteroatoms. The lowest BCUT2D eigenvalue weighted by atomic mass is 9.97. The first-order chi connectivity index (χ1) is 12.5. The van der Waals surface area contributed by atoms with Crippen molar-refractivity contribution in [3.8, 4) is 22.8 Å². The Bertz CT molecular complexity index is 1050. The third-order valence-corrected chi connectivity index (χ3v) is 5.10. The van der Waals surface area contributed by atoms with Gasteiger partial charge in [-0.15, -0.1) is 0 Å². The summed E-state index contributed by atoms with van der Waals surface area (Å²) in [6.45, 7) is 0. The highest BCUT2D eigenvalue weighted by atomic mass is 16.5. The Labute approximate surface area is 149 Å². The number of rotatable bonds is 3. The summed E-state index contributed by atoms with van der Waals surface area (Å²) in [6.07, 6.45) is 6.53. The van der Waals surface area contributed by atoms with Gasteiger partial charge in [0.1, 0.15) is 5.56 Å². The molecule has 1 saturated carbocycles. The van der Waals surface area contributed by atoms with Crippen LogP contribution in [0.4, 0.5) is 0 Å². The van der Waals surface area contributed by atoms with Crippen molar-refractivity contribution in [3.63, 3.8) is 0 Å². The average Bonchev–Trinajstić information content (AvgIpc) is 3.35. The van der Waals surface area contributed by atoms with Crippen molar-refractivity contribution < 1.29 is 4.52 Å². The second kappa shape index (κ2) is 6.40. The van der Waals surface area contributed by atoms with Gasteiger partial charge in [-0.3, -0.25) is 9.36 Å². The van der Waals surface area contributed by atoms with Crippen LogP contribution in [0.15, 0.2) is 44.6 Å². The fourth-order valence-corrected chi connectivity index (χ4v) is 3.57. The van der Waals surface area contributed by atoms with Gasteiger partial charge in [0, 0.05) is 25.9 Å². The topological polar surface area (TPSA) is 82.9 Å². The minimum Gasteiger partial charge on any atom is -0.334 e. The first-order valence-electron chi connectivity index (χ1n) is 8.75. The lowest BCUT2D eigenvalue weighted by Gasteiger charge is -2.09. The molecule has 0 aliphatic heterocycles. The Morgan fingerprint density at radius 1 is 1.08 bits per heavy atom. The summed E-state index contributed by atoms with van der Waals surface area (Å²) in [7, 11) is 3.00. The molecule has 0 radical (unpaired) electrons. The van der Waals surface area contributed by atoms with Gasteiger partial charge in [-0.1, -0.05) is 30.1 Å². The lowest BCUT2D eigenvalue weighted by Crippen LogP contribution is -2.37. The van der Waals surface area contributed by atoms with Crippen molar-refractivity contribution in [1.29, 1.82) is 0 Å². The quantitative estimate of drug-likeness (QED) is 0.723. The lowest BCUT2D eigenvalue weighted by molar-refractivity contribution is 0.432. The maximum absolute atomic E-state index is 12.3. The Morgan fingerprint density at radius 2 is 1.77 bits per heavy atom. The molecule has 134 valence electrons. The highest BCUT2D eigenvalue weighted by molar-refractivity contribution is 5.58. The molecule has 0 amide bonds. The summed E-state index contributed by atoms with van der Waals surface area (Å²) in [4.78, 5) is 28.5. The smallest absolute Gasteiger partial charge is 0.330 e. The van der Waals surface area contributed by atoms with Crippen molar-refractivity contribution in [1.82, 2.24) is 19.3 Å². The van der Waals surface area contributed by atoms with Crippen LogP contribution in [0.5, 0.6) is 0 Å². The van der Waals surface area contributed by atoms with E-state index in [0.717, 1.165) is 10.1 Å². The van der Waals surface area contributed by atoms with Crippen LogP contribution in [0, 0.1) is 0 Å². The molecular formula is C19H20N4O3. The molecule has 4 rings (SSSR count). The van der Waals surface area contributed by atoms with E-state index in [4.69, 9.17) is 4.52 Å². The molecule has 0 saturated heterocycles. The molecule has 0 spiro atoms. The summed E-state index contributed by atoms with van der Waals surface area (Å²) in [5, 5.41) is 3.92. The van der Waals surface area contributed by atoms with Crippen molar-refractivity contribution in [2.24, 2.45) is 14.1 Å². The van der Waals surface area contributed by atoms with E-state index < -0.39 is 11.2 Å². The number of aromatic nitrogens is 4. The highest BCUT2D eigenvalue weighted by Crippen LogP contribution is 2.34. The summed E-state index contributed by atoms with van der Waals surface area (Å²) >= 11 is 0. The predicted molar refractivity (Wildman–Crippen MR) is 96.9 cm³/mol. The number of aryl methyl sites for hydroxylation is 1. The summed E-state index contributed by atoms with van der Waals surface area (Å²) in [5.41, 5.74) is 1.54. The third kappa shape index (κ3) is 2.79. The van der Waals surface area contributed by atoms with E-state index in [1.807, 2.05) is 12.1 Å². The van der Waals surface area contributed by atoms with Crippen LogP contribution < -0.4 is 11.2 Å². The Balaban J connectivity index is 1.66.